The van der Waals surface area contributed by atoms with Crippen molar-refractivity contribution in [2.75, 3.05) is 31.2 Å². The van der Waals surface area contributed by atoms with Gasteiger partial charge in [-0.3, -0.25) is 9.59 Å². The minimum atomic E-state index is -0.649. The van der Waals surface area contributed by atoms with Gasteiger partial charge in [0.1, 0.15) is 5.82 Å². The number of amides is 2. The summed E-state index contributed by atoms with van der Waals surface area (Å²) in [6, 6.07) is 8.54. The van der Waals surface area contributed by atoms with E-state index in [9.17, 15) is 9.59 Å². The summed E-state index contributed by atoms with van der Waals surface area (Å²) in [5.74, 6) is 0.0625. The monoisotopic (exact) mass is 520 g/mol. The minimum Gasteiger partial charge on any atom is -0.383 e. The van der Waals surface area contributed by atoms with Crippen LogP contribution in [0.1, 0.15) is 68.1 Å². The Hall–Kier alpha value is -3.04. The summed E-state index contributed by atoms with van der Waals surface area (Å²) in [4.78, 5) is 39.7. The van der Waals surface area contributed by atoms with Crippen LogP contribution in [-0.4, -0.2) is 57.8 Å². The van der Waals surface area contributed by atoms with Crippen LogP contribution in [0.5, 0.6) is 0 Å². The SMILES string of the molecule is CCc1cc(NC(=O)C(=O)N2C[C@@H](C)CC[C@@H]2c2ccc3sc([C@H]4C[C@@H](C)N(C)C4)nc3c2)cnc1N. The number of nitrogens with one attached hydrogen (secondary N) is 1. The number of hydrogen-bond donors (Lipinski definition) is 2. The number of nitrogens with zero attached hydrogens (tertiary/aromatic N) is 4. The molecule has 196 valence electrons. The van der Waals surface area contributed by atoms with Crippen LogP contribution in [0.25, 0.3) is 10.2 Å². The summed E-state index contributed by atoms with van der Waals surface area (Å²) in [7, 11) is 2.17. The molecule has 3 aromatic rings. The van der Waals surface area contributed by atoms with E-state index in [1.807, 2.05) is 6.92 Å². The Morgan fingerprint density at radius 3 is 2.73 bits per heavy atom. The van der Waals surface area contributed by atoms with E-state index in [4.69, 9.17) is 10.7 Å². The Bertz CT molecular complexity index is 1310. The number of anilines is 2. The quantitative estimate of drug-likeness (QED) is 0.488. The molecule has 2 saturated heterocycles. The van der Waals surface area contributed by atoms with E-state index in [0.717, 1.165) is 42.5 Å². The third-order valence-electron chi connectivity index (χ3n) is 7.96. The van der Waals surface area contributed by atoms with Gasteiger partial charge in [-0.15, -0.1) is 11.3 Å². The van der Waals surface area contributed by atoms with Gasteiger partial charge in [-0.05, 0) is 74.9 Å². The summed E-state index contributed by atoms with van der Waals surface area (Å²) in [5, 5.41) is 3.93. The highest BCUT2D eigenvalue weighted by Gasteiger charge is 2.35. The first kappa shape index (κ1) is 25.6. The molecule has 3 N–H and O–H groups in total. The van der Waals surface area contributed by atoms with Crippen LogP contribution in [0.3, 0.4) is 0 Å². The highest BCUT2D eigenvalue weighted by atomic mass is 32.1. The molecule has 2 aliphatic rings. The Labute approximate surface area is 222 Å². The third kappa shape index (κ3) is 5.20. The number of benzene rings is 1. The van der Waals surface area contributed by atoms with Crippen LogP contribution in [-0.2, 0) is 16.0 Å². The molecule has 9 heteroatoms. The highest BCUT2D eigenvalue weighted by Crippen LogP contribution is 2.38. The second kappa shape index (κ2) is 10.4. The van der Waals surface area contributed by atoms with Gasteiger partial charge in [0, 0.05) is 25.0 Å². The zero-order valence-electron chi connectivity index (χ0n) is 22.0. The number of rotatable bonds is 4. The Morgan fingerprint density at radius 2 is 2.00 bits per heavy atom. The number of nitrogen functional groups attached to an aromatic ring is 1. The number of aryl methyl sites for hydroxylation is 1. The summed E-state index contributed by atoms with van der Waals surface area (Å²) < 4.78 is 1.17. The van der Waals surface area contributed by atoms with Crippen molar-refractivity contribution in [1.82, 2.24) is 19.8 Å². The van der Waals surface area contributed by atoms with E-state index in [1.165, 1.54) is 15.9 Å². The summed E-state index contributed by atoms with van der Waals surface area (Å²) in [6.07, 6.45) is 5.14. The fraction of sp³-hybridized carbons (Fsp3) is 0.500. The molecule has 5 rings (SSSR count). The predicted octanol–water partition coefficient (Wildman–Crippen LogP) is 4.58. The van der Waals surface area contributed by atoms with Crippen LogP contribution in [0.15, 0.2) is 30.5 Å². The van der Waals surface area contributed by atoms with Crippen molar-refractivity contribution in [2.24, 2.45) is 5.92 Å². The lowest BCUT2D eigenvalue weighted by atomic mass is 9.89. The third-order valence-corrected chi connectivity index (χ3v) is 9.16. The maximum atomic E-state index is 13.4. The van der Waals surface area contributed by atoms with Crippen LogP contribution in [0.4, 0.5) is 11.5 Å². The van der Waals surface area contributed by atoms with Gasteiger partial charge in [-0.2, -0.15) is 0 Å². The van der Waals surface area contributed by atoms with Crippen molar-refractivity contribution in [1.29, 1.82) is 0 Å². The largest absolute Gasteiger partial charge is 0.383 e. The molecule has 2 aromatic heterocycles. The number of likely N-dealkylation sites (N-methyl/N-ethyl adjacent to an activating group) is 1. The first-order valence-corrected chi connectivity index (χ1v) is 14.0. The molecular formula is C28H36N6O2S. The Morgan fingerprint density at radius 1 is 1.19 bits per heavy atom. The lowest BCUT2D eigenvalue weighted by Gasteiger charge is -2.38. The zero-order valence-corrected chi connectivity index (χ0v) is 22.8. The number of aromatic nitrogens is 2. The van der Waals surface area contributed by atoms with Crippen molar-refractivity contribution in [3.63, 3.8) is 0 Å². The fourth-order valence-corrected chi connectivity index (χ4v) is 6.68. The van der Waals surface area contributed by atoms with Crippen LogP contribution in [0, 0.1) is 5.92 Å². The van der Waals surface area contributed by atoms with Gasteiger partial charge in [0.05, 0.1) is 33.2 Å². The Kier molecular flexibility index (Phi) is 7.18. The number of piperidine rings is 1. The number of fused-ring (bicyclic) bond motifs is 1. The average molecular weight is 521 g/mol. The molecule has 0 unspecified atom stereocenters. The number of thiazole rings is 1. The summed E-state index contributed by atoms with van der Waals surface area (Å²) in [6.45, 7) is 7.95. The molecule has 37 heavy (non-hydrogen) atoms. The van der Waals surface area contributed by atoms with E-state index >= 15 is 0 Å². The van der Waals surface area contributed by atoms with Gasteiger partial charge in [0.15, 0.2) is 0 Å². The predicted molar refractivity (Wildman–Crippen MR) is 149 cm³/mol. The van der Waals surface area contributed by atoms with Crippen molar-refractivity contribution < 1.29 is 9.59 Å². The summed E-state index contributed by atoms with van der Waals surface area (Å²) >= 11 is 1.77. The molecule has 0 spiro atoms. The van der Waals surface area contributed by atoms with Crippen molar-refractivity contribution >= 4 is 44.9 Å². The van der Waals surface area contributed by atoms with Gasteiger partial charge in [-0.1, -0.05) is 19.9 Å². The highest BCUT2D eigenvalue weighted by molar-refractivity contribution is 7.18. The van der Waals surface area contributed by atoms with Gasteiger partial charge in [0.25, 0.3) is 0 Å². The van der Waals surface area contributed by atoms with E-state index in [-0.39, 0.29) is 6.04 Å². The average Bonchev–Trinajstić information content (AvgIpc) is 3.46. The topological polar surface area (TPSA) is 104 Å². The molecule has 0 bridgehead atoms. The van der Waals surface area contributed by atoms with E-state index in [0.29, 0.717) is 42.3 Å². The first-order chi connectivity index (χ1) is 17.7. The van der Waals surface area contributed by atoms with Gasteiger partial charge in [-0.25, -0.2) is 9.97 Å². The normalized spacial score (nSPS) is 24.5. The van der Waals surface area contributed by atoms with Crippen LogP contribution >= 0.6 is 11.3 Å². The maximum Gasteiger partial charge on any atom is 0.313 e. The molecule has 4 heterocycles. The first-order valence-electron chi connectivity index (χ1n) is 13.2. The molecular weight excluding hydrogens is 484 g/mol. The zero-order chi connectivity index (χ0) is 26.3. The van der Waals surface area contributed by atoms with Crippen LogP contribution in [0.2, 0.25) is 0 Å². The van der Waals surface area contributed by atoms with E-state index in [1.54, 1.807) is 22.3 Å². The van der Waals surface area contributed by atoms with Crippen molar-refractivity contribution in [3.05, 3.63) is 46.6 Å². The van der Waals surface area contributed by atoms with Gasteiger partial charge >= 0.3 is 11.8 Å². The van der Waals surface area contributed by atoms with Crippen LogP contribution < -0.4 is 11.1 Å². The molecule has 8 nitrogen and oxygen atoms in total. The molecule has 0 saturated carbocycles. The second-order valence-corrected chi connectivity index (χ2v) is 11.8. The molecule has 1 aromatic carbocycles. The molecule has 2 aliphatic heterocycles. The molecule has 2 fully saturated rings. The van der Waals surface area contributed by atoms with E-state index in [2.05, 4.69) is 54.3 Å². The molecule has 2 amide bonds. The number of carbonyl (C=O) groups is 2. The lowest BCUT2D eigenvalue weighted by Crippen LogP contribution is -2.46. The number of pyridine rings is 1. The fourth-order valence-electron chi connectivity index (χ4n) is 5.63. The smallest absolute Gasteiger partial charge is 0.313 e. The number of likely N-dealkylation sites (tertiary alicyclic amines) is 2. The standard InChI is InChI=1S/C28H36N6O2S/c1-5-18-11-21(13-30-25(18)29)31-26(35)28(36)34-14-16(2)6-8-23(34)19-7-9-24-22(12-19)32-27(37-24)20-10-17(3)33(4)15-20/h7,9,11-13,16-17,20,23H,5-6,8,10,14-15H2,1-4H3,(H2,29,30)(H,31,35)/t16-,17+,20-,23+/m0/s1. The Balaban J connectivity index is 1.37. The number of hydrogen-bond acceptors (Lipinski definition) is 7. The van der Waals surface area contributed by atoms with Gasteiger partial charge < -0.3 is 20.9 Å². The van der Waals surface area contributed by atoms with Gasteiger partial charge in [0.2, 0.25) is 0 Å². The second-order valence-electron chi connectivity index (χ2n) is 10.7. The summed E-state index contributed by atoms with van der Waals surface area (Å²) in [5.41, 5.74) is 9.23. The van der Waals surface area contributed by atoms with E-state index < -0.39 is 11.8 Å². The minimum absolute atomic E-state index is 0.155. The molecule has 0 aliphatic carbocycles. The number of nitrogens with two attached hydrogens (primary N) is 1. The maximum absolute atomic E-state index is 13.4. The number of carbonyl (C=O) groups excluding carboxylic acids is 2. The molecule has 4 atom stereocenters. The molecule has 0 radical (unpaired) electrons. The van der Waals surface area contributed by atoms with Crippen molar-refractivity contribution in [3.8, 4) is 0 Å². The van der Waals surface area contributed by atoms with Crippen molar-refractivity contribution in [2.45, 2.75) is 64.5 Å². The lowest BCUT2D eigenvalue weighted by molar-refractivity contribution is -0.146.